The van der Waals surface area contributed by atoms with E-state index < -0.39 is 18.1 Å². The number of halogens is 3. The standard InChI is InChI=1S/C16H20F3N5O/c1-10(2)24-14-11(7-21-24)6-13(8-20-14)22-15(25)23-5-3-4-12(9-23)16(17,18)19/h6-8,10,12H,3-5,9H2,1-2H3,(H,22,25)/t12-/m0/s1. The van der Waals surface area contributed by atoms with Crippen LogP contribution >= 0.6 is 0 Å². The van der Waals surface area contributed by atoms with Crippen molar-refractivity contribution in [2.75, 3.05) is 18.4 Å². The molecule has 1 aliphatic heterocycles. The van der Waals surface area contributed by atoms with E-state index in [1.807, 2.05) is 13.8 Å². The number of nitrogens with zero attached hydrogens (tertiary/aromatic N) is 4. The number of alkyl halides is 3. The monoisotopic (exact) mass is 355 g/mol. The lowest BCUT2D eigenvalue weighted by Crippen LogP contribution is -2.46. The predicted molar refractivity (Wildman–Crippen MR) is 87.3 cm³/mol. The molecule has 1 N–H and O–H groups in total. The largest absolute Gasteiger partial charge is 0.393 e. The Morgan fingerprint density at radius 1 is 1.36 bits per heavy atom. The molecule has 9 heteroatoms. The van der Waals surface area contributed by atoms with Crippen molar-refractivity contribution in [1.29, 1.82) is 0 Å². The highest BCUT2D eigenvalue weighted by molar-refractivity contribution is 5.91. The Bertz CT molecular complexity index is 771. The summed E-state index contributed by atoms with van der Waals surface area (Å²) in [5.74, 6) is -1.46. The summed E-state index contributed by atoms with van der Waals surface area (Å²) in [6.45, 7) is 3.98. The minimum absolute atomic E-state index is 0.0647. The number of aromatic nitrogens is 3. The number of amides is 2. The number of rotatable bonds is 2. The SMILES string of the molecule is CC(C)n1ncc2cc(NC(=O)N3CCC[C@H](C(F)(F)F)C3)cnc21. The summed E-state index contributed by atoms with van der Waals surface area (Å²) in [5.41, 5.74) is 1.14. The van der Waals surface area contributed by atoms with Crippen molar-refractivity contribution in [3.8, 4) is 0 Å². The smallest absolute Gasteiger partial charge is 0.324 e. The summed E-state index contributed by atoms with van der Waals surface area (Å²) >= 11 is 0. The number of carbonyl (C=O) groups is 1. The number of anilines is 1. The molecule has 2 aromatic rings. The number of likely N-dealkylation sites (tertiary alicyclic amines) is 1. The molecule has 3 rings (SSSR count). The molecule has 0 aromatic carbocycles. The molecule has 0 bridgehead atoms. The molecule has 0 aliphatic carbocycles. The van der Waals surface area contributed by atoms with Gasteiger partial charge in [0.2, 0.25) is 0 Å². The Morgan fingerprint density at radius 2 is 2.12 bits per heavy atom. The molecule has 1 saturated heterocycles. The van der Waals surface area contributed by atoms with Crippen molar-refractivity contribution in [2.45, 2.75) is 38.9 Å². The number of pyridine rings is 1. The molecule has 2 aromatic heterocycles. The lowest BCUT2D eigenvalue weighted by molar-refractivity contribution is -0.183. The van der Waals surface area contributed by atoms with Crippen LogP contribution < -0.4 is 5.32 Å². The molecular weight excluding hydrogens is 335 g/mol. The molecule has 1 aliphatic rings. The number of piperidine rings is 1. The zero-order valence-electron chi connectivity index (χ0n) is 14.0. The lowest BCUT2D eigenvalue weighted by atomic mass is 9.98. The van der Waals surface area contributed by atoms with Crippen LogP contribution in [0.25, 0.3) is 11.0 Å². The quantitative estimate of drug-likeness (QED) is 0.891. The van der Waals surface area contributed by atoms with E-state index in [2.05, 4.69) is 15.4 Å². The first-order chi connectivity index (χ1) is 11.8. The molecule has 0 radical (unpaired) electrons. The van der Waals surface area contributed by atoms with Gasteiger partial charge in [-0.2, -0.15) is 18.3 Å². The molecule has 1 fully saturated rings. The molecule has 25 heavy (non-hydrogen) atoms. The van der Waals surface area contributed by atoms with Crippen LogP contribution in [0.3, 0.4) is 0 Å². The van der Waals surface area contributed by atoms with Crippen molar-refractivity contribution in [2.24, 2.45) is 5.92 Å². The van der Waals surface area contributed by atoms with Crippen LogP contribution in [0.4, 0.5) is 23.7 Å². The summed E-state index contributed by atoms with van der Waals surface area (Å²) in [7, 11) is 0. The van der Waals surface area contributed by atoms with Gasteiger partial charge in [0.25, 0.3) is 0 Å². The molecular formula is C16H20F3N5O. The van der Waals surface area contributed by atoms with Crippen molar-refractivity contribution in [3.05, 3.63) is 18.5 Å². The minimum atomic E-state index is -4.27. The fourth-order valence-corrected chi connectivity index (χ4v) is 3.02. The number of fused-ring (bicyclic) bond motifs is 1. The van der Waals surface area contributed by atoms with E-state index in [9.17, 15) is 18.0 Å². The fourth-order valence-electron chi connectivity index (χ4n) is 3.02. The van der Waals surface area contributed by atoms with E-state index in [0.29, 0.717) is 24.3 Å². The second-order valence-corrected chi connectivity index (χ2v) is 6.58. The third kappa shape index (κ3) is 3.69. The maximum absolute atomic E-state index is 12.9. The van der Waals surface area contributed by atoms with E-state index >= 15 is 0 Å². The maximum atomic E-state index is 12.9. The van der Waals surface area contributed by atoms with Crippen LogP contribution in [-0.2, 0) is 0 Å². The summed E-state index contributed by atoms with van der Waals surface area (Å²) in [4.78, 5) is 17.8. The van der Waals surface area contributed by atoms with Gasteiger partial charge in [-0.3, -0.25) is 0 Å². The minimum Gasteiger partial charge on any atom is -0.324 e. The number of hydrogen-bond acceptors (Lipinski definition) is 3. The van der Waals surface area contributed by atoms with Crippen molar-refractivity contribution in [1.82, 2.24) is 19.7 Å². The molecule has 0 saturated carbocycles. The van der Waals surface area contributed by atoms with E-state index in [0.717, 1.165) is 5.39 Å². The Balaban J connectivity index is 1.71. The van der Waals surface area contributed by atoms with Gasteiger partial charge in [0.15, 0.2) is 5.65 Å². The van der Waals surface area contributed by atoms with Crippen LogP contribution in [-0.4, -0.2) is 45.0 Å². The van der Waals surface area contributed by atoms with Crippen LogP contribution in [0, 0.1) is 5.92 Å². The molecule has 0 spiro atoms. The molecule has 1 atom stereocenters. The number of carbonyl (C=O) groups excluding carboxylic acids is 1. The second kappa shape index (κ2) is 6.53. The third-order valence-electron chi connectivity index (χ3n) is 4.35. The first kappa shape index (κ1) is 17.5. The average molecular weight is 355 g/mol. The van der Waals surface area contributed by atoms with Crippen molar-refractivity contribution in [3.63, 3.8) is 0 Å². The van der Waals surface area contributed by atoms with Gasteiger partial charge < -0.3 is 10.2 Å². The van der Waals surface area contributed by atoms with Crippen LogP contribution in [0.1, 0.15) is 32.7 Å². The first-order valence-electron chi connectivity index (χ1n) is 8.21. The number of hydrogen-bond donors (Lipinski definition) is 1. The van der Waals surface area contributed by atoms with Crippen LogP contribution in [0.15, 0.2) is 18.5 Å². The fraction of sp³-hybridized carbons (Fsp3) is 0.562. The van der Waals surface area contributed by atoms with Gasteiger partial charge in [-0.1, -0.05) is 0 Å². The lowest BCUT2D eigenvalue weighted by Gasteiger charge is -2.33. The Morgan fingerprint density at radius 3 is 2.80 bits per heavy atom. The van der Waals surface area contributed by atoms with Gasteiger partial charge in [0.1, 0.15) is 0 Å². The topological polar surface area (TPSA) is 63.1 Å². The van der Waals surface area contributed by atoms with E-state index in [1.165, 1.54) is 11.1 Å². The van der Waals surface area contributed by atoms with Gasteiger partial charge in [-0.15, -0.1) is 0 Å². The van der Waals surface area contributed by atoms with Gasteiger partial charge in [-0.05, 0) is 32.8 Å². The van der Waals surface area contributed by atoms with Gasteiger partial charge in [-0.25, -0.2) is 14.5 Å². The van der Waals surface area contributed by atoms with Gasteiger partial charge in [0, 0.05) is 24.5 Å². The summed E-state index contributed by atoms with van der Waals surface area (Å²) in [5, 5.41) is 7.64. The van der Waals surface area contributed by atoms with Crippen molar-refractivity contribution < 1.29 is 18.0 Å². The van der Waals surface area contributed by atoms with Gasteiger partial charge >= 0.3 is 12.2 Å². The number of urea groups is 1. The van der Waals surface area contributed by atoms with E-state index in [-0.39, 0.29) is 19.0 Å². The highest BCUT2D eigenvalue weighted by atomic mass is 19.4. The Hall–Kier alpha value is -2.32. The van der Waals surface area contributed by atoms with Crippen LogP contribution in [0.5, 0.6) is 0 Å². The summed E-state index contributed by atoms with van der Waals surface area (Å²) < 4.78 is 40.4. The van der Waals surface area contributed by atoms with E-state index in [4.69, 9.17) is 0 Å². The van der Waals surface area contributed by atoms with E-state index in [1.54, 1.807) is 16.9 Å². The predicted octanol–water partition coefficient (Wildman–Crippen LogP) is 3.82. The normalized spacial score (nSPS) is 18.8. The zero-order chi connectivity index (χ0) is 18.2. The molecule has 6 nitrogen and oxygen atoms in total. The molecule has 2 amide bonds. The number of nitrogens with one attached hydrogen (secondary N) is 1. The van der Waals surface area contributed by atoms with Gasteiger partial charge in [0.05, 0.1) is 24.0 Å². The molecule has 0 unspecified atom stereocenters. The Labute approximate surface area is 143 Å². The van der Waals surface area contributed by atoms with Crippen LogP contribution in [0.2, 0.25) is 0 Å². The Kier molecular flexibility index (Phi) is 4.57. The second-order valence-electron chi connectivity index (χ2n) is 6.58. The highest BCUT2D eigenvalue weighted by Crippen LogP contribution is 2.33. The average Bonchev–Trinajstić information content (AvgIpc) is 2.97. The molecule has 3 heterocycles. The first-order valence-corrected chi connectivity index (χ1v) is 8.21. The molecule has 136 valence electrons. The summed E-state index contributed by atoms with van der Waals surface area (Å²) in [6.07, 6.45) is -0.722. The maximum Gasteiger partial charge on any atom is 0.393 e. The highest BCUT2D eigenvalue weighted by Gasteiger charge is 2.42. The zero-order valence-corrected chi connectivity index (χ0v) is 14.0. The van der Waals surface area contributed by atoms with Crippen molar-refractivity contribution >= 4 is 22.8 Å². The summed E-state index contributed by atoms with van der Waals surface area (Å²) in [6, 6.07) is 1.33. The third-order valence-corrected chi connectivity index (χ3v) is 4.35.